The summed E-state index contributed by atoms with van der Waals surface area (Å²) in [6.07, 6.45) is 4.92. The Hall–Kier alpha value is -5.84. The van der Waals surface area contributed by atoms with Crippen LogP contribution in [0.15, 0.2) is 87.3 Å². The van der Waals surface area contributed by atoms with Crippen LogP contribution in [-0.2, 0) is 30.6 Å². The molecule has 8 heterocycles. The summed E-state index contributed by atoms with van der Waals surface area (Å²) in [5.74, 6) is 3.51. The van der Waals surface area contributed by atoms with Gasteiger partial charge in [0.2, 0.25) is 23.4 Å². The molecule has 6 N–H and O–H groups in total. The van der Waals surface area contributed by atoms with Gasteiger partial charge in [0.05, 0.1) is 22.3 Å². The molecule has 6 atom stereocenters. The zero-order valence-electron chi connectivity index (χ0n) is 38.9. The second-order valence-electron chi connectivity index (χ2n) is 18.9. The second-order valence-corrected chi connectivity index (χ2v) is 19.8. The quantitative estimate of drug-likeness (QED) is 0.128. The Bertz CT molecular complexity index is 2680. The highest BCUT2D eigenvalue weighted by Gasteiger charge is 2.53. The number of guanidine groups is 2. The smallest absolute Gasteiger partial charge is 0.489 e. The summed E-state index contributed by atoms with van der Waals surface area (Å²) < 4.78 is 25.7. The van der Waals surface area contributed by atoms with Gasteiger partial charge in [-0.2, -0.15) is 0 Å². The van der Waals surface area contributed by atoms with Gasteiger partial charge in [0.15, 0.2) is 11.3 Å². The number of nitrogens with zero attached hydrogens (tertiary/aromatic N) is 8. The van der Waals surface area contributed by atoms with Gasteiger partial charge in [0.1, 0.15) is 23.7 Å². The van der Waals surface area contributed by atoms with Gasteiger partial charge in [-0.3, -0.25) is 0 Å². The van der Waals surface area contributed by atoms with Crippen LogP contribution in [0.25, 0.3) is 20.9 Å². The van der Waals surface area contributed by atoms with Gasteiger partial charge in [-0.15, -0.1) is 9.97 Å². The van der Waals surface area contributed by atoms with Crippen LogP contribution in [0.3, 0.4) is 0 Å². The van der Waals surface area contributed by atoms with Crippen molar-refractivity contribution in [3.63, 3.8) is 0 Å². The Morgan fingerprint density at radius 1 is 0.691 bits per heavy atom. The molecule has 18 nitrogen and oxygen atoms in total. The lowest BCUT2D eigenvalue weighted by molar-refractivity contribution is -0.199. The van der Waals surface area contributed by atoms with Crippen LogP contribution in [0.2, 0.25) is 0 Å². The fraction of sp³-hybridized carbons (Fsp3) is 0.458. The predicted octanol–water partition coefficient (Wildman–Crippen LogP) is 6.46. The van der Waals surface area contributed by atoms with Crippen molar-refractivity contribution < 1.29 is 38.7 Å². The van der Waals surface area contributed by atoms with Crippen molar-refractivity contribution in [2.24, 2.45) is 33.3 Å². The molecule has 0 saturated carbocycles. The summed E-state index contributed by atoms with van der Waals surface area (Å²) >= 11 is 3.54. The van der Waals surface area contributed by atoms with Crippen molar-refractivity contribution in [1.29, 1.82) is 0 Å². The minimum absolute atomic E-state index is 0.0138. The van der Waals surface area contributed by atoms with E-state index in [0.29, 0.717) is 54.7 Å². The lowest BCUT2D eigenvalue weighted by Gasteiger charge is -2.44. The fourth-order valence-corrected chi connectivity index (χ4v) is 10.0. The Labute approximate surface area is 405 Å². The third-order valence-corrected chi connectivity index (χ3v) is 13.4. The number of pyridine rings is 2. The lowest BCUT2D eigenvalue weighted by Crippen LogP contribution is -2.46. The third kappa shape index (κ3) is 10.4. The van der Waals surface area contributed by atoms with Gasteiger partial charge in [-0.05, 0) is 114 Å². The highest BCUT2D eigenvalue weighted by Crippen LogP contribution is 2.51. The maximum absolute atomic E-state index is 8.63. The number of hydroxylamine groups is 4. The number of fused-ring (bicyclic) bond motifs is 4. The average Bonchev–Trinajstić information content (AvgIpc) is 3.76. The minimum Gasteiger partial charge on any atom is -0.489 e. The lowest BCUT2D eigenvalue weighted by atomic mass is 9.79. The number of hydrogen-bond donors (Lipinski definition) is 4. The van der Waals surface area contributed by atoms with Gasteiger partial charge in [-0.25, -0.2) is 29.8 Å². The van der Waals surface area contributed by atoms with Crippen LogP contribution in [-0.4, -0.2) is 99.9 Å². The second kappa shape index (κ2) is 19.3. The van der Waals surface area contributed by atoms with Crippen LogP contribution in [0.4, 0.5) is 11.6 Å². The number of halogens is 1. The first-order valence-corrected chi connectivity index (χ1v) is 23.3. The van der Waals surface area contributed by atoms with Crippen LogP contribution < -0.4 is 26.5 Å². The van der Waals surface area contributed by atoms with Crippen LogP contribution in [0.1, 0.15) is 77.3 Å². The summed E-state index contributed by atoms with van der Waals surface area (Å²) in [6.45, 7) is 23.8. The maximum Gasteiger partial charge on any atom is 0.533 e. The molecule has 356 valence electrons. The van der Waals surface area contributed by atoms with Gasteiger partial charge >= 0.3 is 7.12 Å². The minimum atomic E-state index is -1.60. The number of nitrogens with two attached hydrogens (primary N) is 2. The van der Waals surface area contributed by atoms with Gasteiger partial charge in [0.25, 0.3) is 11.6 Å². The standard InChI is InChI=1S/C24H27N5O3.C18H24BrN3O3.C6H5BN2O2/c1-23(2)13-16(10-11-30-23)20-14-24(28-22(25)29(4)32-24)17-12-15(8-9-19(17)31-20)18-6-5-7-21(26-3)27-18;1-17(2)9-11(6-7-23-17)15-10-18(21-16(20)22(3)25-18)13-8-12(19)4-5-14(13)24-15;1-8-6-4-2-3-5(9-6)7(10)11/h5-9,12,16,20H,10-11,13-14H2,1-2,4H3,(H2,25,28);4-5,8,11,15H,6-7,9-10H2,1-3H3,(H2,20,21);2-4,10-11H. The Morgan fingerprint density at radius 3 is 1.68 bits per heavy atom. The molecule has 2 aromatic carbocycles. The number of benzene rings is 2. The average molecular weight is 992 g/mol. The third-order valence-electron chi connectivity index (χ3n) is 12.9. The fourth-order valence-electron chi connectivity index (χ4n) is 9.68. The van der Waals surface area contributed by atoms with E-state index in [0.717, 1.165) is 65.0 Å². The number of aliphatic imine (C=N–C) groups is 2. The summed E-state index contributed by atoms with van der Waals surface area (Å²) in [5.41, 5.74) is 13.5. The SMILES string of the molecule is CN1OC2(CC(C3CCOC(C)(C)C3)Oc3ccc(Br)cc32)N=C1N.[C-]#[N+]c1cccc(-c2ccc3c(c2)C2(CC(C4CCOC(C)(C)C4)O3)N=C(N)N(C)O2)n1.[C-]#[N+]c1cccc(B(O)O)n1. The summed E-state index contributed by atoms with van der Waals surface area (Å²) in [6, 6.07) is 21.8. The van der Waals surface area contributed by atoms with Gasteiger partial charge in [0, 0.05) is 62.0 Å². The van der Waals surface area contributed by atoms with Crippen molar-refractivity contribution in [2.75, 3.05) is 27.3 Å². The summed E-state index contributed by atoms with van der Waals surface area (Å²) in [5, 5.41) is 20.3. The topological polar surface area (TPSA) is 214 Å². The molecule has 0 aliphatic carbocycles. The maximum atomic E-state index is 8.63. The normalized spacial score (nSPS) is 27.3. The number of hydrogen-bond acceptors (Lipinski definition) is 16. The molecule has 20 heteroatoms. The summed E-state index contributed by atoms with van der Waals surface area (Å²) in [4.78, 5) is 36.4. The zero-order valence-corrected chi connectivity index (χ0v) is 40.5. The Kier molecular flexibility index (Phi) is 13.8. The number of ether oxygens (including phenoxy) is 4. The molecule has 2 fully saturated rings. The Balaban J connectivity index is 0.000000154. The number of rotatable bonds is 4. The zero-order chi connectivity index (χ0) is 48.6. The highest BCUT2D eigenvalue weighted by atomic mass is 79.9. The monoisotopic (exact) mass is 990 g/mol. The van der Waals surface area contributed by atoms with Crippen molar-refractivity contribution in [3.8, 4) is 22.8 Å². The molecular weight excluding hydrogens is 935 g/mol. The highest BCUT2D eigenvalue weighted by molar-refractivity contribution is 9.10. The molecule has 10 rings (SSSR count). The molecular formula is C48H56BBrN10O8. The molecule has 0 bridgehead atoms. The van der Waals surface area contributed by atoms with Crippen LogP contribution >= 0.6 is 15.9 Å². The molecule has 2 spiro atoms. The predicted molar refractivity (Wildman–Crippen MR) is 258 cm³/mol. The molecule has 68 heavy (non-hydrogen) atoms. The van der Waals surface area contributed by atoms with Crippen LogP contribution in [0.5, 0.6) is 11.5 Å². The van der Waals surface area contributed by atoms with E-state index < -0.39 is 18.6 Å². The molecule has 6 aliphatic heterocycles. The van der Waals surface area contributed by atoms with Crippen molar-refractivity contribution in [2.45, 2.75) is 101 Å². The van der Waals surface area contributed by atoms with E-state index in [4.69, 9.17) is 73.3 Å². The van der Waals surface area contributed by atoms with Gasteiger partial charge in [-0.1, -0.05) is 41.2 Å². The van der Waals surface area contributed by atoms with E-state index in [1.165, 1.54) is 17.2 Å². The van der Waals surface area contributed by atoms with E-state index in [9.17, 15) is 0 Å². The van der Waals surface area contributed by atoms with E-state index in [2.05, 4.69) is 63.3 Å². The molecule has 0 amide bonds. The first-order chi connectivity index (χ1) is 32.3. The van der Waals surface area contributed by atoms with Crippen LogP contribution in [0, 0.1) is 25.0 Å². The molecule has 6 aliphatic rings. The number of aromatic nitrogens is 2. The molecule has 2 aromatic heterocycles. The molecule has 4 aromatic rings. The molecule has 6 unspecified atom stereocenters. The first kappa shape index (κ1) is 48.6. The van der Waals surface area contributed by atoms with E-state index >= 15 is 0 Å². The van der Waals surface area contributed by atoms with Crippen molar-refractivity contribution in [1.82, 2.24) is 20.1 Å². The summed E-state index contributed by atoms with van der Waals surface area (Å²) in [7, 11) is 1.95. The molecule has 2 saturated heterocycles. The van der Waals surface area contributed by atoms with Crippen molar-refractivity contribution >= 4 is 52.2 Å². The Morgan fingerprint density at radius 2 is 1.19 bits per heavy atom. The van der Waals surface area contributed by atoms with Gasteiger partial charge < -0.3 is 50.2 Å². The van der Waals surface area contributed by atoms with E-state index in [-0.39, 0.29) is 34.8 Å². The van der Waals surface area contributed by atoms with E-state index in [1.807, 2.05) is 48.5 Å². The molecule has 0 radical (unpaired) electrons. The van der Waals surface area contributed by atoms with E-state index in [1.54, 1.807) is 31.3 Å². The van der Waals surface area contributed by atoms with Crippen molar-refractivity contribution in [3.05, 3.63) is 111 Å². The first-order valence-electron chi connectivity index (χ1n) is 22.5. The largest absolute Gasteiger partial charge is 0.533 e.